The van der Waals surface area contributed by atoms with Gasteiger partial charge >= 0.3 is 0 Å². The molecular formula is C18H25N5O3S. The van der Waals surface area contributed by atoms with Crippen molar-refractivity contribution in [3.05, 3.63) is 24.2 Å². The first-order valence-corrected chi connectivity index (χ1v) is 10.3. The molecule has 3 heterocycles. The second-order valence-corrected chi connectivity index (χ2v) is 8.00. The van der Waals surface area contributed by atoms with E-state index in [-0.39, 0.29) is 5.91 Å². The van der Waals surface area contributed by atoms with Crippen LogP contribution >= 0.6 is 11.8 Å². The van der Waals surface area contributed by atoms with Crippen molar-refractivity contribution < 1.29 is 13.9 Å². The van der Waals surface area contributed by atoms with Crippen molar-refractivity contribution in [2.45, 2.75) is 24.5 Å². The third kappa shape index (κ3) is 4.65. The largest absolute Gasteiger partial charge is 0.467 e. The SMILES string of the molecule is CN(CC1CC1)C(=O)CSc1nnc(N2CCOCC2)n1Cc1ccco1. The fourth-order valence-electron chi connectivity index (χ4n) is 3.11. The Bertz CT molecular complexity index is 753. The maximum absolute atomic E-state index is 12.4. The molecule has 1 saturated carbocycles. The highest BCUT2D eigenvalue weighted by molar-refractivity contribution is 7.99. The molecule has 0 atom stereocenters. The average Bonchev–Trinajstić information content (AvgIpc) is 3.19. The Labute approximate surface area is 162 Å². The monoisotopic (exact) mass is 391 g/mol. The van der Waals surface area contributed by atoms with E-state index >= 15 is 0 Å². The van der Waals surface area contributed by atoms with E-state index in [0.717, 1.165) is 36.5 Å². The molecule has 0 aromatic carbocycles. The molecule has 146 valence electrons. The number of carbonyl (C=O) groups excluding carboxylic acids is 1. The third-order valence-electron chi connectivity index (χ3n) is 4.86. The van der Waals surface area contributed by atoms with Crippen molar-refractivity contribution in [3.8, 4) is 0 Å². The normalized spacial score (nSPS) is 17.3. The number of amides is 1. The number of furan rings is 1. The van der Waals surface area contributed by atoms with Crippen LogP contribution in [0, 0.1) is 5.92 Å². The number of hydrogen-bond acceptors (Lipinski definition) is 7. The van der Waals surface area contributed by atoms with Crippen LogP contribution in [0.25, 0.3) is 0 Å². The quantitative estimate of drug-likeness (QED) is 0.634. The van der Waals surface area contributed by atoms with E-state index in [4.69, 9.17) is 9.15 Å². The fourth-order valence-corrected chi connectivity index (χ4v) is 3.98. The molecular weight excluding hydrogens is 366 g/mol. The van der Waals surface area contributed by atoms with Crippen molar-refractivity contribution in [2.24, 2.45) is 5.92 Å². The minimum Gasteiger partial charge on any atom is -0.467 e. The minimum atomic E-state index is 0.132. The van der Waals surface area contributed by atoms with Gasteiger partial charge in [0.05, 0.1) is 31.8 Å². The zero-order chi connectivity index (χ0) is 18.6. The first-order valence-electron chi connectivity index (χ1n) is 9.36. The maximum atomic E-state index is 12.4. The standard InChI is InChI=1S/C18H25N5O3S/c1-21(11-14-4-5-14)16(24)13-27-18-20-19-17(22-6-9-25-10-7-22)23(18)12-15-3-2-8-26-15/h2-3,8,14H,4-7,9-13H2,1H3. The van der Waals surface area contributed by atoms with Crippen LogP contribution in [0.4, 0.5) is 5.95 Å². The number of ether oxygens (including phenoxy) is 1. The molecule has 2 aliphatic rings. The Balaban J connectivity index is 1.46. The second kappa shape index (κ2) is 8.35. The fraction of sp³-hybridized carbons (Fsp3) is 0.611. The van der Waals surface area contributed by atoms with Gasteiger partial charge in [-0.2, -0.15) is 0 Å². The molecule has 0 radical (unpaired) electrons. The molecule has 4 rings (SSSR count). The van der Waals surface area contributed by atoms with Crippen LogP contribution in [-0.4, -0.2) is 71.2 Å². The smallest absolute Gasteiger partial charge is 0.232 e. The Morgan fingerprint density at radius 3 is 2.85 bits per heavy atom. The molecule has 2 aromatic heterocycles. The van der Waals surface area contributed by atoms with Crippen LogP contribution in [0.3, 0.4) is 0 Å². The number of aromatic nitrogens is 3. The summed E-state index contributed by atoms with van der Waals surface area (Å²) in [4.78, 5) is 16.4. The highest BCUT2D eigenvalue weighted by Crippen LogP contribution is 2.30. The van der Waals surface area contributed by atoms with Gasteiger partial charge in [-0.05, 0) is 30.9 Å². The molecule has 1 amide bonds. The van der Waals surface area contributed by atoms with Crippen LogP contribution in [0.15, 0.2) is 28.0 Å². The highest BCUT2D eigenvalue weighted by Gasteiger charge is 2.26. The van der Waals surface area contributed by atoms with Gasteiger partial charge in [-0.3, -0.25) is 9.36 Å². The van der Waals surface area contributed by atoms with Crippen LogP contribution in [0.5, 0.6) is 0 Å². The second-order valence-electron chi connectivity index (χ2n) is 7.05. The Morgan fingerprint density at radius 2 is 2.15 bits per heavy atom. The van der Waals surface area contributed by atoms with Gasteiger partial charge in [-0.15, -0.1) is 10.2 Å². The number of carbonyl (C=O) groups is 1. The molecule has 0 unspecified atom stereocenters. The molecule has 1 aliphatic carbocycles. The molecule has 0 bridgehead atoms. The molecule has 9 heteroatoms. The molecule has 1 aliphatic heterocycles. The Hall–Kier alpha value is -2.00. The third-order valence-corrected chi connectivity index (χ3v) is 5.82. The molecule has 2 aromatic rings. The summed E-state index contributed by atoms with van der Waals surface area (Å²) in [6, 6.07) is 3.81. The zero-order valence-electron chi connectivity index (χ0n) is 15.5. The van der Waals surface area contributed by atoms with E-state index in [0.29, 0.717) is 31.4 Å². The van der Waals surface area contributed by atoms with Crippen molar-refractivity contribution >= 4 is 23.6 Å². The van der Waals surface area contributed by atoms with E-state index in [2.05, 4.69) is 15.1 Å². The summed E-state index contributed by atoms with van der Waals surface area (Å²) in [7, 11) is 1.88. The number of hydrogen-bond donors (Lipinski definition) is 0. The zero-order valence-corrected chi connectivity index (χ0v) is 16.4. The summed E-state index contributed by atoms with van der Waals surface area (Å²) < 4.78 is 13.0. The van der Waals surface area contributed by atoms with Gasteiger partial charge in [-0.25, -0.2) is 0 Å². The summed E-state index contributed by atoms with van der Waals surface area (Å²) in [5.41, 5.74) is 0. The predicted molar refractivity (Wildman–Crippen MR) is 102 cm³/mol. The predicted octanol–water partition coefficient (Wildman–Crippen LogP) is 1.72. The topological polar surface area (TPSA) is 76.6 Å². The van der Waals surface area contributed by atoms with E-state index in [1.165, 1.54) is 24.6 Å². The van der Waals surface area contributed by atoms with Gasteiger partial charge in [-0.1, -0.05) is 11.8 Å². The highest BCUT2D eigenvalue weighted by atomic mass is 32.2. The van der Waals surface area contributed by atoms with Crippen LogP contribution < -0.4 is 4.90 Å². The lowest BCUT2D eigenvalue weighted by Gasteiger charge is -2.27. The Kier molecular flexibility index (Phi) is 5.68. The summed E-state index contributed by atoms with van der Waals surface area (Å²) in [6.07, 6.45) is 4.15. The summed E-state index contributed by atoms with van der Waals surface area (Å²) in [5, 5.41) is 9.49. The van der Waals surface area contributed by atoms with Gasteiger partial charge < -0.3 is 19.0 Å². The molecule has 1 saturated heterocycles. The summed E-state index contributed by atoms with van der Waals surface area (Å²) in [5.74, 6) is 2.83. The molecule has 2 fully saturated rings. The lowest BCUT2D eigenvalue weighted by atomic mass is 10.4. The van der Waals surface area contributed by atoms with E-state index in [1.54, 1.807) is 6.26 Å². The van der Waals surface area contributed by atoms with Crippen molar-refractivity contribution in [1.82, 2.24) is 19.7 Å². The number of morpholine rings is 1. The summed E-state index contributed by atoms with van der Waals surface area (Å²) in [6.45, 7) is 4.33. The van der Waals surface area contributed by atoms with Gasteiger partial charge in [0.2, 0.25) is 11.9 Å². The first-order chi connectivity index (χ1) is 13.2. The lowest BCUT2D eigenvalue weighted by molar-refractivity contribution is -0.127. The van der Waals surface area contributed by atoms with Gasteiger partial charge in [0.25, 0.3) is 0 Å². The van der Waals surface area contributed by atoms with E-state index < -0.39 is 0 Å². The van der Waals surface area contributed by atoms with Gasteiger partial charge in [0.15, 0.2) is 5.16 Å². The molecule has 0 spiro atoms. The number of anilines is 1. The summed E-state index contributed by atoms with van der Waals surface area (Å²) >= 11 is 1.44. The van der Waals surface area contributed by atoms with Crippen molar-refractivity contribution in [2.75, 3.05) is 50.5 Å². The molecule has 0 N–H and O–H groups in total. The van der Waals surface area contributed by atoms with Crippen molar-refractivity contribution in [3.63, 3.8) is 0 Å². The van der Waals surface area contributed by atoms with E-state index in [9.17, 15) is 4.79 Å². The molecule has 27 heavy (non-hydrogen) atoms. The first kappa shape index (κ1) is 18.4. The average molecular weight is 391 g/mol. The van der Waals surface area contributed by atoms with Gasteiger partial charge in [0, 0.05) is 26.7 Å². The van der Waals surface area contributed by atoms with E-state index in [1.807, 2.05) is 28.6 Å². The lowest BCUT2D eigenvalue weighted by Crippen LogP contribution is -2.38. The van der Waals surface area contributed by atoms with Crippen LogP contribution in [-0.2, 0) is 16.1 Å². The number of nitrogens with zero attached hydrogens (tertiary/aromatic N) is 5. The maximum Gasteiger partial charge on any atom is 0.232 e. The molecule has 8 nitrogen and oxygen atoms in total. The minimum absolute atomic E-state index is 0.132. The van der Waals surface area contributed by atoms with Gasteiger partial charge in [0.1, 0.15) is 5.76 Å². The van der Waals surface area contributed by atoms with Crippen molar-refractivity contribution in [1.29, 1.82) is 0 Å². The number of rotatable bonds is 8. The Morgan fingerprint density at radius 1 is 1.33 bits per heavy atom. The number of thioether (sulfide) groups is 1. The van der Waals surface area contributed by atoms with Crippen LogP contribution in [0.1, 0.15) is 18.6 Å². The van der Waals surface area contributed by atoms with Crippen LogP contribution in [0.2, 0.25) is 0 Å².